The van der Waals surface area contributed by atoms with E-state index in [1.165, 1.54) is 0 Å². The average Bonchev–Trinajstić information content (AvgIpc) is 3.16. The van der Waals surface area contributed by atoms with Gasteiger partial charge >= 0.3 is 0 Å². The second kappa shape index (κ2) is 7.57. The molecule has 2 aromatic carbocycles. The second-order valence-electron chi connectivity index (χ2n) is 5.48. The Bertz CT molecular complexity index is 775. The molecule has 0 aliphatic heterocycles. The molecule has 5 heteroatoms. The fraction of sp³-hybridized carbons (Fsp3) is 0.158. The number of anilines is 1. The molecule has 4 nitrogen and oxygen atoms in total. The summed E-state index contributed by atoms with van der Waals surface area (Å²) in [5.41, 5.74) is 8.78. The zero-order chi connectivity index (χ0) is 16.9. The van der Waals surface area contributed by atoms with Crippen LogP contribution in [0.4, 0.5) is 5.69 Å². The lowest BCUT2D eigenvalue weighted by atomic mass is 10.0. The predicted octanol–water partition coefficient (Wildman–Crippen LogP) is 4.49. The molecule has 2 unspecified atom stereocenters. The van der Waals surface area contributed by atoms with Crippen molar-refractivity contribution in [2.75, 3.05) is 4.72 Å². The van der Waals surface area contributed by atoms with Crippen LogP contribution in [0.5, 0.6) is 0 Å². The van der Waals surface area contributed by atoms with Gasteiger partial charge in [-0.25, -0.2) is 4.72 Å². The third kappa shape index (κ3) is 3.64. The van der Waals surface area contributed by atoms with Gasteiger partial charge in [-0.2, -0.15) is 0 Å². The molecule has 0 radical (unpaired) electrons. The number of hydrogen-bond acceptors (Lipinski definition) is 4. The molecule has 3 aromatic rings. The molecule has 0 fully saturated rings. The molecule has 2 atom stereocenters. The minimum Gasteiger partial charge on any atom is -0.588 e. The van der Waals surface area contributed by atoms with Crippen molar-refractivity contribution in [1.82, 2.24) is 0 Å². The first-order chi connectivity index (χ1) is 11.7. The maximum absolute atomic E-state index is 12.6. The van der Waals surface area contributed by atoms with E-state index in [-0.39, 0.29) is 6.04 Å². The SMILES string of the molecule is CCC(N)c1ccc(N[S+]([O-])c2ccccc2)c(-c2ccco2)c1. The van der Waals surface area contributed by atoms with Crippen LogP contribution in [-0.4, -0.2) is 4.55 Å². The fourth-order valence-corrected chi connectivity index (χ4v) is 3.36. The lowest BCUT2D eigenvalue weighted by molar-refractivity contribution is 0.582. The van der Waals surface area contributed by atoms with E-state index in [0.29, 0.717) is 5.76 Å². The molecular formula is C19H20N2O2S. The van der Waals surface area contributed by atoms with Crippen molar-refractivity contribution >= 4 is 17.0 Å². The van der Waals surface area contributed by atoms with Crippen molar-refractivity contribution in [3.05, 3.63) is 72.5 Å². The summed E-state index contributed by atoms with van der Waals surface area (Å²) in [5, 5.41) is 0. The standard InChI is InChI=1S/C19H20N2O2S/c1-2-17(20)14-10-11-18(16(13-14)19-9-6-12-23-19)21-24(22)15-7-4-3-5-8-15/h3-13,17,21H,2,20H2,1H3. The Hall–Kier alpha value is -2.21. The number of nitrogens with two attached hydrogens (primary N) is 1. The van der Waals surface area contributed by atoms with Crippen LogP contribution in [0, 0.1) is 0 Å². The maximum Gasteiger partial charge on any atom is 0.179 e. The van der Waals surface area contributed by atoms with Crippen molar-refractivity contribution in [2.45, 2.75) is 24.3 Å². The van der Waals surface area contributed by atoms with Gasteiger partial charge in [0.2, 0.25) is 0 Å². The van der Waals surface area contributed by atoms with Crippen LogP contribution < -0.4 is 10.5 Å². The zero-order valence-corrected chi connectivity index (χ0v) is 14.3. The molecule has 0 amide bonds. The Morgan fingerprint density at radius 2 is 1.92 bits per heavy atom. The molecular weight excluding hydrogens is 320 g/mol. The number of hydrogen-bond donors (Lipinski definition) is 2. The minimum absolute atomic E-state index is 0.0348. The van der Waals surface area contributed by atoms with Crippen molar-refractivity contribution in [1.29, 1.82) is 0 Å². The Morgan fingerprint density at radius 3 is 2.58 bits per heavy atom. The molecule has 1 aromatic heterocycles. The lowest BCUT2D eigenvalue weighted by Crippen LogP contribution is -2.14. The molecule has 0 bridgehead atoms. The molecule has 0 saturated carbocycles. The summed E-state index contributed by atoms with van der Waals surface area (Å²) in [7, 11) is 0. The van der Waals surface area contributed by atoms with Crippen LogP contribution in [0.2, 0.25) is 0 Å². The number of benzene rings is 2. The molecule has 3 N–H and O–H groups in total. The normalized spacial score (nSPS) is 13.5. The highest BCUT2D eigenvalue weighted by Gasteiger charge is 2.17. The molecule has 3 rings (SSSR count). The molecule has 0 saturated heterocycles. The van der Waals surface area contributed by atoms with Gasteiger partial charge in [0.15, 0.2) is 4.90 Å². The van der Waals surface area contributed by atoms with Crippen LogP contribution in [0.3, 0.4) is 0 Å². The second-order valence-corrected chi connectivity index (χ2v) is 6.69. The molecule has 1 heterocycles. The maximum atomic E-state index is 12.6. The van der Waals surface area contributed by atoms with Crippen molar-refractivity contribution in [3.8, 4) is 11.3 Å². The largest absolute Gasteiger partial charge is 0.588 e. The summed E-state index contributed by atoms with van der Waals surface area (Å²) in [5.74, 6) is 0.715. The summed E-state index contributed by atoms with van der Waals surface area (Å²) >= 11 is -1.35. The minimum atomic E-state index is -1.35. The van der Waals surface area contributed by atoms with Crippen LogP contribution in [0.15, 0.2) is 76.2 Å². The molecule has 0 spiro atoms. The van der Waals surface area contributed by atoms with Crippen LogP contribution in [-0.2, 0) is 11.4 Å². The Balaban J connectivity index is 1.95. The van der Waals surface area contributed by atoms with Crippen LogP contribution >= 0.6 is 0 Å². The van der Waals surface area contributed by atoms with Gasteiger partial charge in [-0.3, -0.25) is 0 Å². The highest BCUT2D eigenvalue weighted by atomic mass is 32.2. The smallest absolute Gasteiger partial charge is 0.179 e. The van der Waals surface area contributed by atoms with Crippen molar-refractivity contribution < 1.29 is 8.97 Å². The first-order valence-electron chi connectivity index (χ1n) is 7.86. The van der Waals surface area contributed by atoms with Gasteiger partial charge in [-0.1, -0.05) is 31.2 Å². The van der Waals surface area contributed by atoms with E-state index in [0.717, 1.165) is 28.1 Å². The Kier molecular flexibility index (Phi) is 5.25. The summed E-state index contributed by atoms with van der Waals surface area (Å²) in [6, 6.07) is 18.8. The molecule has 24 heavy (non-hydrogen) atoms. The van der Waals surface area contributed by atoms with Crippen LogP contribution in [0.25, 0.3) is 11.3 Å². The van der Waals surface area contributed by atoms with Crippen molar-refractivity contribution in [3.63, 3.8) is 0 Å². The van der Waals surface area contributed by atoms with Gasteiger partial charge in [-0.05, 0) is 48.4 Å². The van der Waals surface area contributed by atoms with Crippen molar-refractivity contribution in [2.24, 2.45) is 5.73 Å². The quantitative estimate of drug-likeness (QED) is 0.648. The summed E-state index contributed by atoms with van der Waals surface area (Å²) in [6.07, 6.45) is 2.47. The van der Waals surface area contributed by atoms with E-state index in [1.807, 2.05) is 67.6 Å². The van der Waals surface area contributed by atoms with E-state index in [9.17, 15) is 4.55 Å². The molecule has 0 aliphatic rings. The van der Waals surface area contributed by atoms with Gasteiger partial charge in [0.05, 0.1) is 12.0 Å². The van der Waals surface area contributed by atoms with E-state index in [1.54, 1.807) is 6.26 Å². The third-order valence-corrected chi connectivity index (χ3v) is 4.96. The monoisotopic (exact) mass is 340 g/mol. The molecule has 124 valence electrons. The highest BCUT2D eigenvalue weighted by molar-refractivity contribution is 7.92. The average molecular weight is 340 g/mol. The van der Waals surface area contributed by atoms with Gasteiger partial charge in [0, 0.05) is 11.6 Å². The Labute approximate surface area is 145 Å². The summed E-state index contributed by atoms with van der Waals surface area (Å²) in [6.45, 7) is 2.05. The summed E-state index contributed by atoms with van der Waals surface area (Å²) in [4.78, 5) is 0.720. The first kappa shape index (κ1) is 16.6. The Morgan fingerprint density at radius 1 is 1.12 bits per heavy atom. The topological polar surface area (TPSA) is 74.2 Å². The van der Waals surface area contributed by atoms with Gasteiger partial charge in [-0.15, -0.1) is 0 Å². The zero-order valence-electron chi connectivity index (χ0n) is 13.4. The highest BCUT2D eigenvalue weighted by Crippen LogP contribution is 2.33. The predicted molar refractivity (Wildman–Crippen MR) is 97.8 cm³/mol. The van der Waals surface area contributed by atoms with Gasteiger partial charge in [0.25, 0.3) is 0 Å². The first-order valence-corrected chi connectivity index (χ1v) is 9.01. The molecule has 0 aliphatic carbocycles. The third-order valence-electron chi connectivity index (χ3n) is 3.86. The van der Waals surface area contributed by atoms with E-state index >= 15 is 0 Å². The number of rotatable bonds is 6. The summed E-state index contributed by atoms with van der Waals surface area (Å²) < 4.78 is 21.2. The van der Waals surface area contributed by atoms with E-state index < -0.39 is 11.4 Å². The fourth-order valence-electron chi connectivity index (χ4n) is 2.46. The number of nitrogens with one attached hydrogen (secondary N) is 1. The van der Waals surface area contributed by atoms with Gasteiger partial charge < -0.3 is 14.7 Å². The van der Waals surface area contributed by atoms with E-state index in [2.05, 4.69) is 4.72 Å². The number of furan rings is 1. The lowest BCUT2D eigenvalue weighted by Gasteiger charge is -2.16. The van der Waals surface area contributed by atoms with Gasteiger partial charge in [0.1, 0.15) is 17.1 Å². The van der Waals surface area contributed by atoms with Crippen LogP contribution in [0.1, 0.15) is 24.9 Å². The van der Waals surface area contributed by atoms with E-state index in [4.69, 9.17) is 10.2 Å².